The van der Waals surface area contributed by atoms with Gasteiger partial charge in [-0.1, -0.05) is 0 Å². The molecule has 0 aromatic heterocycles. The Balaban J connectivity index is 2.11. The first-order valence-corrected chi connectivity index (χ1v) is 5.00. The van der Waals surface area contributed by atoms with Crippen molar-refractivity contribution in [1.82, 2.24) is 5.32 Å². The minimum Gasteiger partial charge on any atom is -0.391 e. The van der Waals surface area contributed by atoms with Crippen molar-refractivity contribution >= 4 is 11.8 Å². The maximum absolute atomic E-state index is 9.60. The van der Waals surface area contributed by atoms with Crippen LogP contribution in [-0.2, 0) is 0 Å². The van der Waals surface area contributed by atoms with Crippen LogP contribution < -0.4 is 5.32 Å². The van der Waals surface area contributed by atoms with E-state index < -0.39 is 0 Å². The van der Waals surface area contributed by atoms with Crippen molar-refractivity contribution < 1.29 is 5.11 Å². The number of aliphatic hydroxyl groups excluding tert-OH is 1. The quantitative estimate of drug-likeness (QED) is 0.530. The van der Waals surface area contributed by atoms with E-state index in [1.54, 1.807) is 0 Å². The Hall–Kier alpha value is 0.270. The van der Waals surface area contributed by atoms with E-state index in [0.717, 1.165) is 25.1 Å². The highest BCUT2D eigenvalue weighted by Gasteiger charge is 2.43. The van der Waals surface area contributed by atoms with Crippen molar-refractivity contribution in [1.29, 1.82) is 0 Å². The van der Waals surface area contributed by atoms with Crippen LogP contribution in [0, 0.1) is 0 Å². The molecule has 0 amide bonds. The van der Waals surface area contributed by atoms with Gasteiger partial charge >= 0.3 is 0 Å². The summed E-state index contributed by atoms with van der Waals surface area (Å²) in [5.74, 6) is 2.32. The molecule has 2 heterocycles. The SMILES string of the molecule is OC1CCNC12CCSC2. The fourth-order valence-corrected chi connectivity index (χ4v) is 3.29. The van der Waals surface area contributed by atoms with Gasteiger partial charge in [-0.3, -0.25) is 0 Å². The van der Waals surface area contributed by atoms with E-state index in [1.807, 2.05) is 11.8 Å². The van der Waals surface area contributed by atoms with E-state index in [4.69, 9.17) is 0 Å². The molecule has 0 aromatic rings. The Morgan fingerprint density at radius 1 is 1.60 bits per heavy atom. The summed E-state index contributed by atoms with van der Waals surface area (Å²) >= 11 is 1.95. The standard InChI is InChI=1S/C7H13NOS/c9-6-1-3-8-7(6)2-4-10-5-7/h6,8-9H,1-5H2. The Bertz CT molecular complexity index is 128. The molecular weight excluding hydrogens is 146 g/mol. The third-order valence-electron chi connectivity index (χ3n) is 2.58. The number of thioether (sulfide) groups is 1. The molecule has 58 valence electrons. The van der Waals surface area contributed by atoms with Crippen LogP contribution in [0.15, 0.2) is 0 Å². The van der Waals surface area contributed by atoms with Gasteiger partial charge in [0.2, 0.25) is 0 Å². The first-order valence-electron chi connectivity index (χ1n) is 3.84. The summed E-state index contributed by atoms with van der Waals surface area (Å²) in [7, 11) is 0. The van der Waals surface area contributed by atoms with Crippen LogP contribution in [0.5, 0.6) is 0 Å². The predicted molar refractivity (Wildman–Crippen MR) is 43.3 cm³/mol. The molecule has 0 radical (unpaired) electrons. The van der Waals surface area contributed by atoms with Gasteiger partial charge in [0.25, 0.3) is 0 Å². The molecule has 3 heteroatoms. The van der Waals surface area contributed by atoms with Gasteiger partial charge in [-0.05, 0) is 25.1 Å². The summed E-state index contributed by atoms with van der Waals surface area (Å²) in [6.45, 7) is 1.00. The minimum absolute atomic E-state index is 0.0810. The molecule has 0 aliphatic carbocycles. The van der Waals surface area contributed by atoms with Gasteiger partial charge in [-0.15, -0.1) is 0 Å². The lowest BCUT2D eigenvalue weighted by Gasteiger charge is -2.26. The number of rotatable bonds is 0. The summed E-state index contributed by atoms with van der Waals surface area (Å²) in [6, 6.07) is 0. The third kappa shape index (κ3) is 0.881. The highest BCUT2D eigenvalue weighted by molar-refractivity contribution is 7.99. The second-order valence-corrected chi connectivity index (χ2v) is 4.30. The van der Waals surface area contributed by atoms with E-state index in [-0.39, 0.29) is 11.6 Å². The lowest BCUT2D eigenvalue weighted by molar-refractivity contribution is 0.112. The third-order valence-corrected chi connectivity index (χ3v) is 3.80. The Labute approximate surface area is 65.4 Å². The van der Waals surface area contributed by atoms with Crippen molar-refractivity contribution in [2.75, 3.05) is 18.1 Å². The number of nitrogens with one attached hydrogen (secondary N) is 1. The number of hydrogen-bond acceptors (Lipinski definition) is 3. The van der Waals surface area contributed by atoms with Gasteiger partial charge in [-0.2, -0.15) is 11.8 Å². The van der Waals surface area contributed by atoms with Crippen molar-refractivity contribution in [3.63, 3.8) is 0 Å². The average molecular weight is 159 g/mol. The summed E-state index contributed by atoms with van der Waals surface area (Å²) in [4.78, 5) is 0. The molecule has 0 bridgehead atoms. The fraction of sp³-hybridized carbons (Fsp3) is 1.00. The van der Waals surface area contributed by atoms with Crippen molar-refractivity contribution in [2.45, 2.75) is 24.5 Å². The predicted octanol–water partition coefficient (Wildman–Crippen LogP) is 0.216. The smallest absolute Gasteiger partial charge is 0.0742 e. The largest absolute Gasteiger partial charge is 0.391 e. The second-order valence-electron chi connectivity index (χ2n) is 3.19. The van der Waals surface area contributed by atoms with E-state index in [1.165, 1.54) is 5.75 Å². The molecule has 2 nitrogen and oxygen atoms in total. The van der Waals surface area contributed by atoms with Gasteiger partial charge in [0.15, 0.2) is 0 Å². The highest BCUT2D eigenvalue weighted by Crippen LogP contribution is 2.34. The normalized spacial score (nSPS) is 47.1. The Morgan fingerprint density at radius 2 is 2.50 bits per heavy atom. The van der Waals surface area contributed by atoms with E-state index in [0.29, 0.717) is 0 Å². The molecule has 10 heavy (non-hydrogen) atoms. The zero-order valence-corrected chi connectivity index (χ0v) is 6.78. The van der Waals surface area contributed by atoms with Crippen LogP contribution in [-0.4, -0.2) is 34.8 Å². The van der Waals surface area contributed by atoms with Crippen molar-refractivity contribution in [3.05, 3.63) is 0 Å². The molecule has 2 aliphatic rings. The molecule has 2 atom stereocenters. The van der Waals surface area contributed by atoms with Crippen LogP contribution in [0.1, 0.15) is 12.8 Å². The maximum Gasteiger partial charge on any atom is 0.0742 e. The first kappa shape index (κ1) is 6.95. The summed E-state index contributed by atoms with van der Waals surface area (Å²) in [6.07, 6.45) is 2.02. The molecule has 0 aromatic carbocycles. The van der Waals surface area contributed by atoms with Crippen LogP contribution in [0.25, 0.3) is 0 Å². The molecule has 2 fully saturated rings. The van der Waals surface area contributed by atoms with Gasteiger partial charge < -0.3 is 10.4 Å². The number of aliphatic hydroxyl groups is 1. The zero-order chi connectivity index (χ0) is 7.03. The monoisotopic (exact) mass is 159 g/mol. The maximum atomic E-state index is 9.60. The summed E-state index contributed by atoms with van der Waals surface area (Å²) in [5.41, 5.74) is 0.116. The Kier molecular flexibility index (Phi) is 1.66. The molecular formula is C7H13NOS. The van der Waals surface area contributed by atoms with Crippen molar-refractivity contribution in [2.24, 2.45) is 0 Å². The van der Waals surface area contributed by atoms with Gasteiger partial charge in [0.05, 0.1) is 11.6 Å². The first-order chi connectivity index (χ1) is 4.83. The summed E-state index contributed by atoms with van der Waals surface area (Å²) in [5, 5.41) is 13.0. The van der Waals surface area contributed by atoms with Gasteiger partial charge in [-0.25, -0.2) is 0 Å². The lowest BCUT2D eigenvalue weighted by Crippen LogP contribution is -2.47. The minimum atomic E-state index is -0.0810. The van der Waals surface area contributed by atoms with Crippen LogP contribution in [0.3, 0.4) is 0 Å². The van der Waals surface area contributed by atoms with Crippen LogP contribution in [0.4, 0.5) is 0 Å². The number of hydrogen-bond donors (Lipinski definition) is 2. The van der Waals surface area contributed by atoms with E-state index in [2.05, 4.69) is 5.32 Å². The fourth-order valence-electron chi connectivity index (χ4n) is 1.83. The molecule has 2 unspecified atom stereocenters. The molecule has 2 rings (SSSR count). The molecule has 2 aliphatic heterocycles. The van der Waals surface area contributed by atoms with Crippen LogP contribution >= 0.6 is 11.8 Å². The highest BCUT2D eigenvalue weighted by atomic mass is 32.2. The van der Waals surface area contributed by atoms with Gasteiger partial charge in [0.1, 0.15) is 0 Å². The van der Waals surface area contributed by atoms with Crippen LogP contribution in [0.2, 0.25) is 0 Å². The summed E-state index contributed by atoms with van der Waals surface area (Å²) < 4.78 is 0. The molecule has 1 spiro atoms. The molecule has 2 saturated heterocycles. The zero-order valence-electron chi connectivity index (χ0n) is 5.97. The second kappa shape index (κ2) is 2.40. The van der Waals surface area contributed by atoms with Crippen molar-refractivity contribution in [3.8, 4) is 0 Å². The molecule has 2 N–H and O–H groups in total. The lowest BCUT2D eigenvalue weighted by atomic mass is 9.94. The van der Waals surface area contributed by atoms with E-state index >= 15 is 0 Å². The Morgan fingerprint density at radius 3 is 3.00 bits per heavy atom. The average Bonchev–Trinajstić information content (AvgIpc) is 2.48. The topological polar surface area (TPSA) is 32.3 Å². The van der Waals surface area contributed by atoms with Gasteiger partial charge in [0, 0.05) is 5.75 Å². The van der Waals surface area contributed by atoms with E-state index in [9.17, 15) is 5.11 Å². The molecule has 0 saturated carbocycles.